The normalized spacial score (nSPS) is 19.5. The molecule has 1 aromatic rings. The molecule has 1 heterocycles. The van der Waals surface area contributed by atoms with Crippen LogP contribution in [-0.4, -0.2) is 43.6 Å². The number of nitrogens with one attached hydrogen (secondary N) is 1. The maximum Gasteiger partial charge on any atom is 0.253 e. The Balaban J connectivity index is 2.16. The third-order valence-corrected chi connectivity index (χ3v) is 3.25. The monoisotopic (exact) mass is 266 g/mol. The number of amides is 1. The van der Waals surface area contributed by atoms with Crippen LogP contribution in [0.25, 0.3) is 0 Å². The molecule has 1 aromatic carbocycles. The Morgan fingerprint density at radius 2 is 2.37 bits per heavy atom. The van der Waals surface area contributed by atoms with Crippen molar-refractivity contribution in [2.45, 2.75) is 19.6 Å². The van der Waals surface area contributed by atoms with E-state index >= 15 is 0 Å². The second-order valence-electron chi connectivity index (χ2n) is 4.85. The Morgan fingerprint density at radius 3 is 3.05 bits per heavy atom. The van der Waals surface area contributed by atoms with Gasteiger partial charge in [-0.25, -0.2) is 4.39 Å². The summed E-state index contributed by atoms with van der Waals surface area (Å²) in [4.78, 5) is 14.1. The molecule has 1 atom stereocenters. The van der Waals surface area contributed by atoms with Gasteiger partial charge in [0.1, 0.15) is 5.82 Å². The van der Waals surface area contributed by atoms with E-state index in [2.05, 4.69) is 5.32 Å². The molecule has 2 rings (SSSR count). The second kappa shape index (κ2) is 6.12. The minimum absolute atomic E-state index is 0.0503. The summed E-state index contributed by atoms with van der Waals surface area (Å²) in [5.41, 5.74) is 0.930. The molecular formula is C14H19FN2O2. The van der Waals surface area contributed by atoms with Gasteiger partial charge in [0.25, 0.3) is 5.91 Å². The maximum atomic E-state index is 13.5. The van der Waals surface area contributed by atoms with E-state index < -0.39 is 0 Å². The highest BCUT2D eigenvalue weighted by Crippen LogP contribution is 2.14. The third-order valence-electron chi connectivity index (χ3n) is 3.25. The first-order chi connectivity index (χ1) is 9.11. The number of rotatable bonds is 3. The SMILES string of the molecule is COCc1cc(C(=O)N2CCN[C@H](C)C2)ccc1F. The predicted octanol–water partition coefficient (Wildman–Crippen LogP) is 1.41. The lowest BCUT2D eigenvalue weighted by molar-refractivity contribution is 0.0708. The number of carbonyl (C=O) groups excluding carboxylic acids is 1. The first-order valence-corrected chi connectivity index (χ1v) is 6.42. The molecule has 1 N–H and O–H groups in total. The lowest BCUT2D eigenvalue weighted by Gasteiger charge is -2.32. The standard InChI is InChI=1S/C14H19FN2O2/c1-10-8-17(6-5-16-10)14(18)11-3-4-13(15)12(7-11)9-19-2/h3-4,7,10,16H,5-6,8-9H2,1-2H3/t10-/m1/s1. The minimum atomic E-state index is -0.341. The Bertz CT molecular complexity index is 465. The number of methoxy groups -OCH3 is 1. The fraction of sp³-hybridized carbons (Fsp3) is 0.500. The van der Waals surface area contributed by atoms with Gasteiger partial charge >= 0.3 is 0 Å². The summed E-state index contributed by atoms with van der Waals surface area (Å²) in [5, 5.41) is 3.29. The number of halogens is 1. The first-order valence-electron chi connectivity index (χ1n) is 6.42. The number of ether oxygens (including phenoxy) is 1. The first kappa shape index (κ1) is 14.0. The molecular weight excluding hydrogens is 247 g/mol. The molecule has 0 bridgehead atoms. The van der Waals surface area contributed by atoms with Crippen molar-refractivity contribution in [3.8, 4) is 0 Å². The van der Waals surface area contributed by atoms with Crippen LogP contribution in [0.1, 0.15) is 22.8 Å². The third kappa shape index (κ3) is 3.30. The summed E-state index contributed by atoms with van der Waals surface area (Å²) in [6, 6.07) is 4.72. The van der Waals surface area contributed by atoms with Crippen LogP contribution in [0.3, 0.4) is 0 Å². The van der Waals surface area contributed by atoms with Crippen LogP contribution >= 0.6 is 0 Å². The van der Waals surface area contributed by atoms with Crippen molar-refractivity contribution in [3.63, 3.8) is 0 Å². The number of piperazine rings is 1. The van der Waals surface area contributed by atoms with Crippen LogP contribution in [0.5, 0.6) is 0 Å². The lowest BCUT2D eigenvalue weighted by Crippen LogP contribution is -2.51. The van der Waals surface area contributed by atoms with Gasteiger partial charge in [0, 0.05) is 43.9 Å². The average molecular weight is 266 g/mol. The highest BCUT2D eigenvalue weighted by atomic mass is 19.1. The molecule has 0 aliphatic carbocycles. The largest absolute Gasteiger partial charge is 0.380 e. The van der Waals surface area contributed by atoms with Gasteiger partial charge in [-0.05, 0) is 25.1 Å². The van der Waals surface area contributed by atoms with Gasteiger partial charge in [-0.1, -0.05) is 0 Å². The van der Waals surface area contributed by atoms with E-state index in [1.807, 2.05) is 6.92 Å². The number of nitrogens with zero attached hydrogens (tertiary/aromatic N) is 1. The van der Waals surface area contributed by atoms with E-state index in [1.165, 1.54) is 19.2 Å². The van der Waals surface area contributed by atoms with Crippen LogP contribution in [0.2, 0.25) is 0 Å². The number of hydrogen-bond acceptors (Lipinski definition) is 3. The van der Waals surface area contributed by atoms with Crippen LogP contribution in [0.4, 0.5) is 4.39 Å². The van der Waals surface area contributed by atoms with Crippen LogP contribution in [0, 0.1) is 5.82 Å². The van der Waals surface area contributed by atoms with Gasteiger partial charge in [0.2, 0.25) is 0 Å². The maximum absolute atomic E-state index is 13.5. The summed E-state index contributed by atoms with van der Waals surface area (Å²) in [6.45, 7) is 4.36. The van der Waals surface area contributed by atoms with Gasteiger partial charge in [0.15, 0.2) is 0 Å². The smallest absolute Gasteiger partial charge is 0.253 e. The Kier molecular flexibility index (Phi) is 4.50. The van der Waals surface area contributed by atoms with Crippen LogP contribution in [0.15, 0.2) is 18.2 Å². The predicted molar refractivity (Wildman–Crippen MR) is 70.5 cm³/mol. The van der Waals surface area contributed by atoms with Gasteiger partial charge < -0.3 is 15.0 Å². The molecule has 4 nitrogen and oxygen atoms in total. The highest BCUT2D eigenvalue weighted by molar-refractivity contribution is 5.94. The number of hydrogen-bond donors (Lipinski definition) is 1. The molecule has 0 unspecified atom stereocenters. The molecule has 0 radical (unpaired) electrons. The second-order valence-corrected chi connectivity index (χ2v) is 4.85. The van der Waals surface area contributed by atoms with Crippen LogP contribution < -0.4 is 5.32 Å². The molecule has 19 heavy (non-hydrogen) atoms. The van der Waals surface area contributed by atoms with Crippen molar-refractivity contribution in [1.82, 2.24) is 10.2 Å². The molecule has 1 amide bonds. The van der Waals surface area contributed by atoms with Crippen molar-refractivity contribution in [2.75, 3.05) is 26.7 Å². The molecule has 5 heteroatoms. The van der Waals surface area contributed by atoms with E-state index in [0.717, 1.165) is 6.54 Å². The average Bonchev–Trinajstić information content (AvgIpc) is 2.41. The van der Waals surface area contributed by atoms with E-state index in [-0.39, 0.29) is 24.4 Å². The summed E-state index contributed by atoms with van der Waals surface area (Å²) < 4.78 is 18.4. The molecule has 0 spiro atoms. The van der Waals surface area contributed by atoms with E-state index in [0.29, 0.717) is 24.2 Å². The molecule has 0 saturated carbocycles. The Morgan fingerprint density at radius 1 is 1.58 bits per heavy atom. The van der Waals surface area contributed by atoms with E-state index in [4.69, 9.17) is 4.74 Å². The molecule has 104 valence electrons. The fourth-order valence-corrected chi connectivity index (χ4v) is 2.27. The zero-order chi connectivity index (χ0) is 13.8. The molecule has 1 aliphatic rings. The molecule has 1 aliphatic heterocycles. The molecule has 1 saturated heterocycles. The van der Waals surface area contributed by atoms with E-state index in [1.54, 1.807) is 11.0 Å². The lowest BCUT2D eigenvalue weighted by atomic mass is 10.1. The highest BCUT2D eigenvalue weighted by Gasteiger charge is 2.22. The van der Waals surface area contributed by atoms with Gasteiger partial charge in [-0.3, -0.25) is 4.79 Å². The van der Waals surface area contributed by atoms with Crippen LogP contribution in [-0.2, 0) is 11.3 Å². The van der Waals surface area contributed by atoms with E-state index in [9.17, 15) is 9.18 Å². The molecule has 0 aromatic heterocycles. The van der Waals surface area contributed by atoms with Crippen molar-refractivity contribution in [1.29, 1.82) is 0 Å². The minimum Gasteiger partial charge on any atom is -0.380 e. The summed E-state index contributed by atoms with van der Waals surface area (Å²) in [6.07, 6.45) is 0. The Labute approximate surface area is 112 Å². The number of carbonyl (C=O) groups is 1. The van der Waals surface area contributed by atoms with Gasteiger partial charge in [-0.15, -0.1) is 0 Å². The summed E-state index contributed by atoms with van der Waals surface area (Å²) >= 11 is 0. The summed E-state index contributed by atoms with van der Waals surface area (Å²) in [5.74, 6) is -0.391. The van der Waals surface area contributed by atoms with Crippen molar-refractivity contribution < 1.29 is 13.9 Å². The summed E-state index contributed by atoms with van der Waals surface area (Å²) in [7, 11) is 1.51. The fourth-order valence-electron chi connectivity index (χ4n) is 2.27. The zero-order valence-electron chi connectivity index (χ0n) is 11.3. The topological polar surface area (TPSA) is 41.6 Å². The van der Waals surface area contributed by atoms with Gasteiger partial charge in [-0.2, -0.15) is 0 Å². The Hall–Kier alpha value is -1.46. The van der Waals surface area contributed by atoms with Gasteiger partial charge in [0.05, 0.1) is 6.61 Å². The molecule has 1 fully saturated rings. The van der Waals surface area contributed by atoms with Crippen molar-refractivity contribution in [3.05, 3.63) is 35.1 Å². The quantitative estimate of drug-likeness (QED) is 0.899. The zero-order valence-corrected chi connectivity index (χ0v) is 11.3. The van der Waals surface area contributed by atoms with Crippen molar-refractivity contribution >= 4 is 5.91 Å². The number of benzene rings is 1. The van der Waals surface area contributed by atoms with Crippen molar-refractivity contribution in [2.24, 2.45) is 0 Å².